The first-order chi connectivity index (χ1) is 13.7. The Morgan fingerprint density at radius 1 is 1.14 bits per heavy atom. The van der Waals surface area contributed by atoms with Crippen LogP contribution in [0.1, 0.15) is 18.5 Å². The van der Waals surface area contributed by atoms with Gasteiger partial charge in [-0.1, -0.05) is 6.07 Å². The van der Waals surface area contributed by atoms with Crippen LogP contribution >= 0.6 is 0 Å². The lowest BCUT2D eigenvalue weighted by atomic mass is 10.1. The highest BCUT2D eigenvalue weighted by atomic mass is 32.2. The van der Waals surface area contributed by atoms with Crippen molar-refractivity contribution in [2.45, 2.75) is 17.9 Å². The molecule has 1 aliphatic heterocycles. The fraction of sp³-hybridized carbons (Fsp3) is 0.333. The molecule has 1 N–H and O–H groups in total. The molecular weight excluding hydrogens is 408 g/mol. The third-order valence-corrected chi connectivity index (χ3v) is 6.52. The number of non-ortho nitro benzene ring substituents is 1. The molecular formula is C18H19F2N3O5S. The van der Waals surface area contributed by atoms with E-state index in [9.17, 15) is 27.3 Å². The predicted molar refractivity (Wildman–Crippen MR) is 101 cm³/mol. The average Bonchev–Trinajstić information content (AvgIpc) is 2.70. The quantitative estimate of drug-likeness (QED) is 0.562. The van der Waals surface area contributed by atoms with E-state index in [1.165, 1.54) is 22.5 Å². The van der Waals surface area contributed by atoms with Crippen LogP contribution in [0.3, 0.4) is 0 Å². The Morgan fingerprint density at radius 2 is 1.83 bits per heavy atom. The van der Waals surface area contributed by atoms with Crippen LogP contribution < -0.4 is 5.32 Å². The molecule has 0 spiro atoms. The summed E-state index contributed by atoms with van der Waals surface area (Å²) in [4.78, 5) is 10.2. The number of benzene rings is 2. The van der Waals surface area contributed by atoms with Crippen molar-refractivity contribution in [1.82, 2.24) is 4.31 Å². The number of ether oxygens (including phenoxy) is 1. The van der Waals surface area contributed by atoms with Crippen LogP contribution in [0.2, 0.25) is 0 Å². The van der Waals surface area contributed by atoms with Gasteiger partial charge < -0.3 is 10.1 Å². The molecule has 29 heavy (non-hydrogen) atoms. The van der Waals surface area contributed by atoms with Crippen LogP contribution in [0.4, 0.5) is 20.2 Å². The lowest BCUT2D eigenvalue weighted by molar-refractivity contribution is -0.385. The van der Waals surface area contributed by atoms with E-state index in [1.54, 1.807) is 6.92 Å². The Kier molecular flexibility index (Phi) is 6.10. The molecule has 8 nitrogen and oxygen atoms in total. The van der Waals surface area contributed by atoms with Crippen molar-refractivity contribution in [2.75, 3.05) is 31.6 Å². The van der Waals surface area contributed by atoms with Gasteiger partial charge in [-0.15, -0.1) is 0 Å². The maximum Gasteiger partial charge on any atom is 0.270 e. The Balaban J connectivity index is 1.99. The van der Waals surface area contributed by atoms with Gasteiger partial charge in [0, 0.05) is 31.3 Å². The van der Waals surface area contributed by atoms with Crippen LogP contribution in [-0.4, -0.2) is 43.9 Å². The minimum absolute atomic E-state index is 0.124. The summed E-state index contributed by atoms with van der Waals surface area (Å²) in [7, 11) is -4.04. The van der Waals surface area contributed by atoms with Crippen LogP contribution in [0.15, 0.2) is 41.3 Å². The number of hydrogen-bond donors (Lipinski definition) is 1. The highest BCUT2D eigenvalue weighted by Crippen LogP contribution is 2.32. The van der Waals surface area contributed by atoms with Crippen molar-refractivity contribution in [2.24, 2.45) is 0 Å². The second-order valence-corrected chi connectivity index (χ2v) is 8.40. The van der Waals surface area contributed by atoms with Crippen molar-refractivity contribution in [3.8, 4) is 0 Å². The molecule has 1 saturated heterocycles. The van der Waals surface area contributed by atoms with E-state index < -0.39 is 32.6 Å². The standard InChI is InChI=1S/C18H19F2N3O5S/c1-12(13-2-4-15(19)16(20)10-13)21-17-5-3-14(23(24)25)11-18(17)29(26,27)22-6-8-28-9-7-22/h2-5,10-12,21H,6-9H2,1H3. The second-order valence-electron chi connectivity index (χ2n) is 6.49. The molecule has 0 saturated carbocycles. The normalized spacial score (nSPS) is 16.4. The molecule has 1 fully saturated rings. The van der Waals surface area contributed by atoms with Gasteiger partial charge in [0.1, 0.15) is 4.90 Å². The highest BCUT2D eigenvalue weighted by Gasteiger charge is 2.30. The zero-order valence-corrected chi connectivity index (χ0v) is 16.3. The number of anilines is 1. The van der Waals surface area contributed by atoms with Crippen molar-refractivity contribution in [1.29, 1.82) is 0 Å². The monoisotopic (exact) mass is 427 g/mol. The summed E-state index contributed by atoms with van der Waals surface area (Å²) >= 11 is 0. The number of sulfonamides is 1. The van der Waals surface area contributed by atoms with Gasteiger partial charge in [0.15, 0.2) is 11.6 Å². The van der Waals surface area contributed by atoms with E-state index in [0.29, 0.717) is 5.56 Å². The van der Waals surface area contributed by atoms with Crippen LogP contribution in [0, 0.1) is 21.7 Å². The maximum atomic E-state index is 13.5. The summed E-state index contributed by atoms with van der Waals surface area (Å²) in [6.45, 7) is 2.34. The number of nitrogens with zero attached hydrogens (tertiary/aromatic N) is 2. The summed E-state index contributed by atoms with van der Waals surface area (Å²) in [6, 6.07) is 6.23. The summed E-state index contributed by atoms with van der Waals surface area (Å²) in [6.07, 6.45) is 0. The molecule has 0 aromatic heterocycles. The molecule has 2 aromatic rings. The molecule has 11 heteroatoms. The summed E-state index contributed by atoms with van der Waals surface area (Å²) in [5, 5.41) is 14.1. The van der Waals surface area contributed by atoms with E-state index in [2.05, 4.69) is 5.32 Å². The van der Waals surface area contributed by atoms with Gasteiger partial charge >= 0.3 is 0 Å². The van der Waals surface area contributed by atoms with E-state index in [-0.39, 0.29) is 42.6 Å². The molecule has 0 aliphatic carbocycles. The van der Waals surface area contributed by atoms with E-state index >= 15 is 0 Å². The zero-order valence-electron chi connectivity index (χ0n) is 15.5. The summed E-state index contributed by atoms with van der Waals surface area (Å²) < 4.78 is 59.3. The van der Waals surface area contributed by atoms with Gasteiger partial charge in [0.05, 0.1) is 23.8 Å². The third-order valence-electron chi connectivity index (χ3n) is 4.58. The third kappa shape index (κ3) is 4.52. The molecule has 2 aromatic carbocycles. The SMILES string of the molecule is CC(Nc1ccc([N+](=O)[O-])cc1S(=O)(=O)N1CCOCC1)c1ccc(F)c(F)c1. The molecule has 1 aliphatic rings. The van der Waals surface area contributed by atoms with Gasteiger partial charge in [-0.3, -0.25) is 10.1 Å². The largest absolute Gasteiger partial charge is 0.379 e. The Morgan fingerprint density at radius 3 is 2.45 bits per heavy atom. The van der Waals surface area contributed by atoms with Crippen molar-refractivity contribution in [3.63, 3.8) is 0 Å². The first kappa shape index (κ1) is 21.1. The van der Waals surface area contributed by atoms with Gasteiger partial charge in [-0.05, 0) is 30.7 Å². The van der Waals surface area contributed by atoms with Crippen LogP contribution in [-0.2, 0) is 14.8 Å². The van der Waals surface area contributed by atoms with E-state index in [1.807, 2.05) is 0 Å². The van der Waals surface area contributed by atoms with Crippen molar-refractivity contribution in [3.05, 3.63) is 63.7 Å². The maximum absolute atomic E-state index is 13.5. The number of nitro benzene ring substituents is 1. The van der Waals surface area contributed by atoms with E-state index in [0.717, 1.165) is 18.2 Å². The molecule has 0 bridgehead atoms. The number of halogens is 2. The van der Waals surface area contributed by atoms with Gasteiger partial charge in [-0.25, -0.2) is 17.2 Å². The Hall–Kier alpha value is -2.63. The lowest BCUT2D eigenvalue weighted by Gasteiger charge is -2.27. The minimum atomic E-state index is -4.04. The summed E-state index contributed by atoms with van der Waals surface area (Å²) in [5.74, 6) is -2.02. The van der Waals surface area contributed by atoms with Crippen LogP contribution in [0.5, 0.6) is 0 Å². The molecule has 0 amide bonds. The molecule has 3 rings (SSSR count). The molecule has 0 radical (unpaired) electrons. The number of morpholine rings is 1. The van der Waals surface area contributed by atoms with Crippen LogP contribution in [0.25, 0.3) is 0 Å². The fourth-order valence-corrected chi connectivity index (χ4v) is 4.56. The highest BCUT2D eigenvalue weighted by molar-refractivity contribution is 7.89. The average molecular weight is 427 g/mol. The smallest absolute Gasteiger partial charge is 0.270 e. The van der Waals surface area contributed by atoms with Crippen molar-refractivity contribution >= 4 is 21.4 Å². The molecule has 1 heterocycles. The number of rotatable bonds is 6. The van der Waals surface area contributed by atoms with E-state index in [4.69, 9.17) is 4.74 Å². The Bertz CT molecular complexity index is 1030. The first-order valence-corrected chi connectivity index (χ1v) is 10.2. The van der Waals surface area contributed by atoms with Gasteiger partial charge in [0.2, 0.25) is 10.0 Å². The summed E-state index contributed by atoms with van der Waals surface area (Å²) in [5.41, 5.74) is 0.138. The number of hydrogen-bond acceptors (Lipinski definition) is 6. The van der Waals surface area contributed by atoms with Gasteiger partial charge in [-0.2, -0.15) is 4.31 Å². The molecule has 156 valence electrons. The van der Waals surface area contributed by atoms with Crippen molar-refractivity contribution < 1.29 is 26.9 Å². The first-order valence-electron chi connectivity index (χ1n) is 8.78. The fourth-order valence-electron chi connectivity index (χ4n) is 2.98. The Labute approximate surface area is 166 Å². The topological polar surface area (TPSA) is 102 Å². The number of nitro groups is 1. The van der Waals surface area contributed by atoms with Gasteiger partial charge in [0.25, 0.3) is 5.69 Å². The zero-order chi connectivity index (χ0) is 21.2. The predicted octanol–water partition coefficient (Wildman–Crippen LogP) is 3.07. The number of nitrogens with one attached hydrogen (secondary N) is 1. The molecule has 1 atom stereocenters. The lowest BCUT2D eigenvalue weighted by Crippen LogP contribution is -2.40. The second kappa shape index (κ2) is 8.39. The molecule has 1 unspecified atom stereocenters. The minimum Gasteiger partial charge on any atom is -0.379 e.